The summed E-state index contributed by atoms with van der Waals surface area (Å²) in [5, 5.41) is 1.08. The molecule has 0 atom stereocenters. The molecular weight excluding hydrogens is 327 g/mol. The second-order valence-corrected chi connectivity index (χ2v) is 6.09. The van der Waals surface area contributed by atoms with Gasteiger partial charge in [0.25, 0.3) is 0 Å². The number of aromatic amines is 1. The van der Waals surface area contributed by atoms with E-state index in [1.807, 2.05) is 36.7 Å². The highest BCUT2D eigenvalue weighted by Gasteiger charge is 2.04. The molecule has 4 heteroatoms. The maximum absolute atomic E-state index is 13.1. The predicted molar refractivity (Wildman–Crippen MR) is 101 cm³/mol. The molecule has 0 aliphatic heterocycles. The lowest BCUT2D eigenvalue weighted by atomic mass is 10.0. The van der Waals surface area contributed by atoms with Gasteiger partial charge in [0.15, 0.2) is 0 Å². The number of hydrogen-bond acceptors (Lipinski definition) is 2. The van der Waals surface area contributed by atoms with Gasteiger partial charge in [0.1, 0.15) is 11.6 Å². The van der Waals surface area contributed by atoms with Gasteiger partial charge < -0.3 is 9.72 Å². The Bertz CT molecular complexity index is 1010. The van der Waals surface area contributed by atoms with Gasteiger partial charge in [-0.05, 0) is 53.9 Å². The van der Waals surface area contributed by atoms with E-state index in [-0.39, 0.29) is 5.82 Å². The van der Waals surface area contributed by atoms with Crippen LogP contribution in [-0.4, -0.2) is 16.6 Å². The summed E-state index contributed by atoms with van der Waals surface area (Å²) in [4.78, 5) is 7.48. The van der Waals surface area contributed by atoms with Gasteiger partial charge in [-0.2, -0.15) is 0 Å². The Morgan fingerprint density at radius 3 is 2.77 bits per heavy atom. The van der Waals surface area contributed by atoms with Crippen LogP contribution in [0, 0.1) is 12.2 Å². The minimum atomic E-state index is -0.235. The molecule has 4 rings (SSSR count). The molecule has 2 aromatic carbocycles. The fraction of sp³-hybridized carbons (Fsp3) is 0.0909. The summed E-state index contributed by atoms with van der Waals surface area (Å²) in [7, 11) is 0. The van der Waals surface area contributed by atoms with Crippen LogP contribution < -0.4 is 4.74 Å². The molecule has 1 N–H and O–H groups in total. The number of nitrogens with zero attached hydrogens (tertiary/aromatic N) is 1. The Balaban J connectivity index is 1.37. The molecule has 26 heavy (non-hydrogen) atoms. The number of ether oxygens (including phenoxy) is 1. The van der Waals surface area contributed by atoms with E-state index >= 15 is 0 Å². The van der Waals surface area contributed by atoms with E-state index in [2.05, 4.69) is 22.5 Å². The average Bonchev–Trinajstić information content (AvgIpc) is 3.16. The van der Waals surface area contributed by atoms with E-state index < -0.39 is 0 Å². The molecule has 0 spiro atoms. The molecule has 0 aliphatic carbocycles. The van der Waals surface area contributed by atoms with Crippen LogP contribution in [0.3, 0.4) is 0 Å². The van der Waals surface area contributed by atoms with E-state index in [1.54, 1.807) is 18.3 Å². The highest BCUT2D eigenvalue weighted by Crippen LogP contribution is 2.25. The lowest BCUT2D eigenvalue weighted by Crippen LogP contribution is -2.01. The fourth-order valence-corrected chi connectivity index (χ4v) is 2.96. The molecule has 0 saturated heterocycles. The number of aromatic nitrogens is 2. The van der Waals surface area contributed by atoms with Crippen LogP contribution >= 0.6 is 0 Å². The van der Waals surface area contributed by atoms with Crippen molar-refractivity contribution in [2.45, 2.75) is 6.42 Å². The largest absolute Gasteiger partial charge is 0.493 e. The van der Waals surface area contributed by atoms with Gasteiger partial charge in [0.2, 0.25) is 0 Å². The second kappa shape index (κ2) is 7.40. The third kappa shape index (κ3) is 3.59. The van der Waals surface area contributed by atoms with E-state index in [1.165, 1.54) is 12.1 Å². The quantitative estimate of drug-likeness (QED) is 0.488. The number of nitrogens with one attached hydrogen (secondary N) is 1. The molecule has 0 bridgehead atoms. The van der Waals surface area contributed by atoms with Gasteiger partial charge in [0, 0.05) is 41.5 Å². The number of fused-ring (bicyclic) bond motifs is 1. The van der Waals surface area contributed by atoms with E-state index in [4.69, 9.17) is 4.74 Å². The van der Waals surface area contributed by atoms with Crippen molar-refractivity contribution in [1.82, 2.24) is 9.97 Å². The van der Waals surface area contributed by atoms with Gasteiger partial charge in [0.05, 0.1) is 6.61 Å². The molecule has 2 aromatic heterocycles. The third-order valence-electron chi connectivity index (χ3n) is 4.26. The van der Waals surface area contributed by atoms with Crippen LogP contribution in [0.4, 0.5) is 4.39 Å². The molecule has 2 heterocycles. The van der Waals surface area contributed by atoms with Crippen molar-refractivity contribution in [3.05, 3.63) is 91.0 Å². The van der Waals surface area contributed by atoms with Crippen LogP contribution in [0.25, 0.3) is 22.0 Å². The summed E-state index contributed by atoms with van der Waals surface area (Å²) in [6, 6.07) is 16.5. The first kappa shape index (κ1) is 16.3. The number of pyridine rings is 1. The second-order valence-electron chi connectivity index (χ2n) is 6.09. The first-order valence-corrected chi connectivity index (χ1v) is 8.50. The fourth-order valence-electron chi connectivity index (χ4n) is 2.96. The zero-order valence-corrected chi connectivity index (χ0v) is 14.2. The zero-order chi connectivity index (χ0) is 17.8. The Morgan fingerprint density at radius 2 is 1.88 bits per heavy atom. The van der Waals surface area contributed by atoms with Crippen LogP contribution in [0.2, 0.25) is 0 Å². The summed E-state index contributed by atoms with van der Waals surface area (Å²) in [6.07, 6.45) is 8.38. The predicted octanol–water partition coefficient (Wildman–Crippen LogP) is 5.19. The highest BCUT2D eigenvalue weighted by atomic mass is 19.1. The summed E-state index contributed by atoms with van der Waals surface area (Å²) in [6.45, 7) is 0.519. The smallest absolute Gasteiger partial charge is 0.128 e. The number of rotatable bonds is 6. The van der Waals surface area contributed by atoms with Crippen LogP contribution in [0.5, 0.6) is 5.75 Å². The summed E-state index contributed by atoms with van der Waals surface area (Å²) in [5.41, 5.74) is 4.10. The standard InChI is InChI=1S/C22H18FN2O/c23-19-8-6-17(7-9-19)18-13-16(14-24-15-18)3-2-12-26-22-5-1-4-21-20(22)10-11-25-21/h1-2,4-11,13-15,25H,3,12H2. The minimum absolute atomic E-state index is 0.235. The maximum atomic E-state index is 13.1. The van der Waals surface area contributed by atoms with E-state index in [0.29, 0.717) is 6.61 Å². The monoisotopic (exact) mass is 345 g/mol. The lowest BCUT2D eigenvalue weighted by Gasteiger charge is -2.08. The van der Waals surface area contributed by atoms with Crippen molar-refractivity contribution in [3.63, 3.8) is 0 Å². The summed E-state index contributed by atoms with van der Waals surface area (Å²) < 4.78 is 19.0. The van der Waals surface area contributed by atoms with Gasteiger partial charge in [-0.1, -0.05) is 18.2 Å². The van der Waals surface area contributed by atoms with Crippen molar-refractivity contribution < 1.29 is 9.13 Å². The Kier molecular flexibility index (Phi) is 4.65. The number of hydrogen-bond donors (Lipinski definition) is 1. The molecule has 129 valence electrons. The van der Waals surface area contributed by atoms with Crippen molar-refractivity contribution in [2.24, 2.45) is 0 Å². The first-order valence-electron chi connectivity index (χ1n) is 8.50. The molecule has 4 aromatic rings. The molecule has 0 aliphatic rings. The maximum Gasteiger partial charge on any atom is 0.128 e. The molecule has 3 nitrogen and oxygen atoms in total. The summed E-state index contributed by atoms with van der Waals surface area (Å²) in [5.74, 6) is 0.638. The third-order valence-corrected chi connectivity index (χ3v) is 4.26. The molecule has 1 radical (unpaired) electrons. The van der Waals surface area contributed by atoms with Crippen molar-refractivity contribution >= 4 is 10.9 Å². The lowest BCUT2D eigenvalue weighted by molar-refractivity contribution is 0.350. The topological polar surface area (TPSA) is 37.9 Å². The Hall–Kier alpha value is -3.14. The SMILES string of the molecule is Fc1ccc(-c2cncc(C[CH]COc3cccc4[nH]ccc34)c2)cc1. The van der Waals surface area contributed by atoms with E-state index in [9.17, 15) is 4.39 Å². The van der Waals surface area contributed by atoms with Crippen LogP contribution in [-0.2, 0) is 6.42 Å². The van der Waals surface area contributed by atoms with E-state index in [0.717, 1.165) is 39.8 Å². The summed E-state index contributed by atoms with van der Waals surface area (Å²) >= 11 is 0. The normalized spacial score (nSPS) is 11.0. The van der Waals surface area contributed by atoms with Crippen molar-refractivity contribution in [1.29, 1.82) is 0 Å². The Morgan fingerprint density at radius 1 is 1.00 bits per heavy atom. The number of halogens is 1. The number of H-pyrrole nitrogens is 1. The molecular formula is C22H18FN2O. The molecule has 0 saturated carbocycles. The first-order chi connectivity index (χ1) is 12.8. The van der Waals surface area contributed by atoms with Gasteiger partial charge >= 0.3 is 0 Å². The van der Waals surface area contributed by atoms with Crippen LogP contribution in [0.1, 0.15) is 5.56 Å². The van der Waals surface area contributed by atoms with Gasteiger partial charge in [-0.25, -0.2) is 4.39 Å². The number of benzene rings is 2. The Labute approximate surface area is 151 Å². The van der Waals surface area contributed by atoms with Crippen molar-refractivity contribution in [3.8, 4) is 16.9 Å². The minimum Gasteiger partial charge on any atom is -0.493 e. The average molecular weight is 345 g/mol. The van der Waals surface area contributed by atoms with Gasteiger partial charge in [-0.15, -0.1) is 0 Å². The van der Waals surface area contributed by atoms with Gasteiger partial charge in [-0.3, -0.25) is 4.98 Å². The van der Waals surface area contributed by atoms with Crippen LogP contribution in [0.15, 0.2) is 73.2 Å². The highest BCUT2D eigenvalue weighted by molar-refractivity contribution is 5.85. The molecule has 0 unspecified atom stereocenters. The zero-order valence-electron chi connectivity index (χ0n) is 14.2. The molecule has 0 fully saturated rings. The van der Waals surface area contributed by atoms with Crippen molar-refractivity contribution in [2.75, 3.05) is 6.61 Å². The molecule has 0 amide bonds.